The van der Waals surface area contributed by atoms with Crippen molar-refractivity contribution in [3.63, 3.8) is 0 Å². The van der Waals surface area contributed by atoms with E-state index >= 15 is 0 Å². The second-order valence-corrected chi connectivity index (χ2v) is 2.15. The monoisotopic (exact) mass is 186 g/mol. The van der Waals surface area contributed by atoms with Crippen LogP contribution in [0.3, 0.4) is 0 Å². The topological polar surface area (TPSA) is 70.6 Å². The van der Waals surface area contributed by atoms with Crippen LogP contribution in [0.25, 0.3) is 0 Å². The van der Waals surface area contributed by atoms with Crippen LogP contribution in [0, 0.1) is 0 Å². The zero-order chi connectivity index (χ0) is 10.3. The van der Waals surface area contributed by atoms with E-state index in [1.165, 1.54) is 19.5 Å². The average molecular weight is 186 g/mol. The normalized spacial score (nSPS) is 13.0. The van der Waals surface area contributed by atoms with Gasteiger partial charge in [-0.1, -0.05) is 6.58 Å². The van der Waals surface area contributed by atoms with Gasteiger partial charge in [0.25, 0.3) is 0 Å². The molecule has 0 aromatic carbocycles. The highest BCUT2D eigenvalue weighted by Crippen LogP contribution is 1.98. The lowest BCUT2D eigenvalue weighted by molar-refractivity contribution is -0.148. The number of likely N-dealkylation sites (N-methyl/N-ethyl adjacent to an activating group) is 1. The van der Waals surface area contributed by atoms with Crippen molar-refractivity contribution in [2.45, 2.75) is 6.10 Å². The van der Waals surface area contributed by atoms with E-state index < -0.39 is 12.1 Å². The summed E-state index contributed by atoms with van der Waals surface area (Å²) >= 11 is 0. The van der Waals surface area contributed by atoms with E-state index in [0.29, 0.717) is 5.70 Å². The Balaban J connectivity index is 4.38. The molecule has 0 radical (unpaired) electrons. The van der Waals surface area contributed by atoms with Gasteiger partial charge in [-0.25, -0.2) is 4.79 Å². The van der Waals surface area contributed by atoms with Gasteiger partial charge >= 0.3 is 5.97 Å². The van der Waals surface area contributed by atoms with Crippen molar-refractivity contribution in [3.05, 3.63) is 24.7 Å². The van der Waals surface area contributed by atoms with Crippen molar-refractivity contribution in [1.82, 2.24) is 10.6 Å². The Morgan fingerprint density at radius 1 is 1.69 bits per heavy atom. The fourth-order valence-corrected chi connectivity index (χ4v) is 0.675. The summed E-state index contributed by atoms with van der Waals surface area (Å²) in [5, 5.41) is 14.6. The molecule has 0 aliphatic heterocycles. The van der Waals surface area contributed by atoms with E-state index in [9.17, 15) is 9.90 Å². The SMILES string of the molecule is C=CN/C=C(\NC)C(O)C(=O)OC. The van der Waals surface area contributed by atoms with Crippen LogP contribution >= 0.6 is 0 Å². The smallest absolute Gasteiger partial charge is 0.340 e. The van der Waals surface area contributed by atoms with E-state index in [0.717, 1.165) is 0 Å². The summed E-state index contributed by atoms with van der Waals surface area (Å²) in [5.74, 6) is -0.716. The highest BCUT2D eigenvalue weighted by atomic mass is 16.5. The lowest BCUT2D eigenvalue weighted by Gasteiger charge is -2.11. The number of carbonyl (C=O) groups excluding carboxylic acids is 1. The first-order valence-electron chi connectivity index (χ1n) is 3.68. The molecule has 0 aliphatic carbocycles. The molecule has 1 unspecified atom stereocenters. The molecule has 0 saturated heterocycles. The van der Waals surface area contributed by atoms with Gasteiger partial charge in [0.2, 0.25) is 0 Å². The summed E-state index contributed by atoms with van der Waals surface area (Å²) in [5.41, 5.74) is 0.312. The number of ether oxygens (including phenoxy) is 1. The number of carbonyl (C=O) groups is 1. The summed E-state index contributed by atoms with van der Waals surface area (Å²) in [6.45, 7) is 3.41. The summed E-state index contributed by atoms with van der Waals surface area (Å²) in [4.78, 5) is 10.9. The fourth-order valence-electron chi connectivity index (χ4n) is 0.675. The van der Waals surface area contributed by atoms with Gasteiger partial charge in [-0.3, -0.25) is 0 Å². The minimum Gasteiger partial charge on any atom is -0.467 e. The van der Waals surface area contributed by atoms with Crippen LogP contribution in [0.2, 0.25) is 0 Å². The van der Waals surface area contributed by atoms with Gasteiger partial charge < -0.3 is 20.5 Å². The van der Waals surface area contributed by atoms with Crippen LogP contribution in [0.1, 0.15) is 0 Å². The lowest BCUT2D eigenvalue weighted by Crippen LogP contribution is -2.31. The van der Waals surface area contributed by atoms with Crippen molar-refractivity contribution in [1.29, 1.82) is 0 Å². The van der Waals surface area contributed by atoms with Crippen LogP contribution in [0.15, 0.2) is 24.7 Å². The maximum Gasteiger partial charge on any atom is 0.340 e. The standard InChI is InChI=1S/C8H14N2O3/c1-4-10-5-6(9-2)7(11)8(12)13-3/h4-5,7,9-11H,1H2,2-3H3/b6-5-. The van der Waals surface area contributed by atoms with Crippen molar-refractivity contribution in [2.24, 2.45) is 0 Å². The molecule has 0 spiro atoms. The highest BCUT2D eigenvalue weighted by molar-refractivity contribution is 5.77. The first-order valence-corrected chi connectivity index (χ1v) is 3.68. The molecule has 13 heavy (non-hydrogen) atoms. The van der Waals surface area contributed by atoms with Crippen LogP contribution in [0.5, 0.6) is 0 Å². The van der Waals surface area contributed by atoms with Crippen LogP contribution in [0.4, 0.5) is 0 Å². The molecular formula is C8H14N2O3. The number of methoxy groups -OCH3 is 1. The van der Waals surface area contributed by atoms with Crippen LogP contribution in [-0.2, 0) is 9.53 Å². The summed E-state index contributed by atoms with van der Waals surface area (Å²) in [6, 6.07) is 0. The van der Waals surface area contributed by atoms with Gasteiger partial charge in [-0.05, 0) is 6.20 Å². The molecule has 0 fully saturated rings. The van der Waals surface area contributed by atoms with Crippen molar-refractivity contribution in [2.75, 3.05) is 14.2 Å². The molecule has 0 aromatic heterocycles. The van der Waals surface area contributed by atoms with Gasteiger partial charge in [-0.2, -0.15) is 0 Å². The minimum atomic E-state index is -1.30. The first kappa shape index (κ1) is 11.5. The summed E-state index contributed by atoms with van der Waals surface area (Å²) in [7, 11) is 2.79. The molecule has 0 rings (SSSR count). The van der Waals surface area contributed by atoms with Gasteiger partial charge in [0.1, 0.15) is 0 Å². The molecule has 0 aromatic rings. The molecule has 0 saturated carbocycles. The largest absolute Gasteiger partial charge is 0.467 e. The second kappa shape index (κ2) is 6.07. The number of aliphatic hydroxyl groups is 1. The predicted octanol–water partition coefficient (Wildman–Crippen LogP) is -0.686. The van der Waals surface area contributed by atoms with E-state index in [-0.39, 0.29) is 0 Å². The Morgan fingerprint density at radius 3 is 2.69 bits per heavy atom. The predicted molar refractivity (Wildman–Crippen MR) is 48.5 cm³/mol. The molecule has 5 heteroatoms. The molecule has 0 amide bonds. The lowest BCUT2D eigenvalue weighted by atomic mass is 10.3. The zero-order valence-corrected chi connectivity index (χ0v) is 7.70. The van der Waals surface area contributed by atoms with Gasteiger partial charge in [0, 0.05) is 13.2 Å². The van der Waals surface area contributed by atoms with Crippen molar-refractivity contribution < 1.29 is 14.6 Å². The number of aliphatic hydroxyl groups excluding tert-OH is 1. The summed E-state index contributed by atoms with van der Waals surface area (Å²) < 4.78 is 4.35. The number of rotatable bonds is 5. The van der Waals surface area contributed by atoms with Crippen molar-refractivity contribution >= 4 is 5.97 Å². The number of esters is 1. The maximum absolute atomic E-state index is 10.9. The molecule has 0 aliphatic rings. The first-order chi connectivity index (χ1) is 6.17. The van der Waals surface area contributed by atoms with Gasteiger partial charge in [0.15, 0.2) is 6.10 Å². The Bertz CT molecular complexity index is 213. The second-order valence-electron chi connectivity index (χ2n) is 2.15. The van der Waals surface area contributed by atoms with Crippen LogP contribution in [-0.4, -0.2) is 31.3 Å². The minimum absolute atomic E-state index is 0.312. The highest BCUT2D eigenvalue weighted by Gasteiger charge is 2.19. The molecule has 74 valence electrons. The molecule has 3 N–H and O–H groups in total. The number of hydrogen-bond donors (Lipinski definition) is 3. The molecule has 0 heterocycles. The quantitative estimate of drug-likeness (QED) is 0.496. The Hall–Kier alpha value is -1.49. The maximum atomic E-state index is 10.9. The summed E-state index contributed by atoms with van der Waals surface area (Å²) in [6.07, 6.45) is 1.54. The number of nitrogens with one attached hydrogen (secondary N) is 2. The Labute approximate surface area is 77.1 Å². The third-order valence-electron chi connectivity index (χ3n) is 1.36. The zero-order valence-electron chi connectivity index (χ0n) is 7.70. The molecular weight excluding hydrogens is 172 g/mol. The van der Waals surface area contributed by atoms with E-state index in [4.69, 9.17) is 0 Å². The Morgan fingerprint density at radius 2 is 2.31 bits per heavy atom. The van der Waals surface area contributed by atoms with Crippen molar-refractivity contribution in [3.8, 4) is 0 Å². The fraction of sp³-hybridized carbons (Fsp3) is 0.375. The Kier molecular flexibility index (Phi) is 5.38. The molecule has 5 nitrogen and oxygen atoms in total. The van der Waals surface area contributed by atoms with E-state index in [1.54, 1.807) is 7.05 Å². The van der Waals surface area contributed by atoms with Gasteiger partial charge in [0.05, 0.1) is 12.8 Å². The van der Waals surface area contributed by atoms with E-state index in [2.05, 4.69) is 21.9 Å². The van der Waals surface area contributed by atoms with Gasteiger partial charge in [-0.15, -0.1) is 0 Å². The third-order valence-corrected chi connectivity index (χ3v) is 1.36. The number of hydrogen-bond acceptors (Lipinski definition) is 5. The van der Waals surface area contributed by atoms with Crippen LogP contribution < -0.4 is 10.6 Å². The molecule has 1 atom stereocenters. The third kappa shape index (κ3) is 3.62. The molecule has 0 bridgehead atoms. The average Bonchev–Trinajstić information content (AvgIpc) is 2.17. The van der Waals surface area contributed by atoms with E-state index in [1.807, 2.05) is 0 Å².